The van der Waals surface area contributed by atoms with Gasteiger partial charge in [-0.25, -0.2) is 14.2 Å². The number of ether oxygens (including phenoxy) is 1. The van der Waals surface area contributed by atoms with E-state index in [1.807, 2.05) is 0 Å². The van der Waals surface area contributed by atoms with E-state index in [2.05, 4.69) is 4.98 Å². The van der Waals surface area contributed by atoms with Gasteiger partial charge in [-0.3, -0.25) is 0 Å². The second-order valence-corrected chi connectivity index (χ2v) is 6.93. The normalized spacial score (nSPS) is 11.7. The molecule has 0 bridgehead atoms. The fourth-order valence-electron chi connectivity index (χ4n) is 3.08. The first kappa shape index (κ1) is 21.3. The van der Waals surface area contributed by atoms with Crippen molar-refractivity contribution in [1.82, 2.24) is 4.98 Å². The van der Waals surface area contributed by atoms with Gasteiger partial charge in [0, 0.05) is 10.9 Å². The molecule has 2 aromatic carbocycles. The van der Waals surface area contributed by atoms with Gasteiger partial charge in [0.05, 0.1) is 22.8 Å². The molecule has 152 valence electrons. The molecule has 0 atom stereocenters. The molecule has 0 aliphatic heterocycles. The number of esters is 1. The van der Waals surface area contributed by atoms with E-state index in [4.69, 9.17) is 27.9 Å². The maximum atomic E-state index is 15.3. The molecule has 3 aromatic rings. The minimum absolute atomic E-state index is 0.0748. The summed E-state index contributed by atoms with van der Waals surface area (Å²) < 4.78 is 60.9. The van der Waals surface area contributed by atoms with E-state index < -0.39 is 34.7 Å². The summed E-state index contributed by atoms with van der Waals surface area (Å²) in [6, 6.07) is 6.27. The zero-order valence-corrected chi connectivity index (χ0v) is 16.6. The number of fused-ring (bicyclic) bond motifs is 1. The van der Waals surface area contributed by atoms with E-state index in [1.165, 1.54) is 31.2 Å². The van der Waals surface area contributed by atoms with Crippen LogP contribution in [-0.4, -0.2) is 17.6 Å². The van der Waals surface area contributed by atoms with Crippen molar-refractivity contribution in [2.75, 3.05) is 6.61 Å². The fourth-order valence-corrected chi connectivity index (χ4v) is 3.59. The summed E-state index contributed by atoms with van der Waals surface area (Å²) in [5.41, 5.74) is -2.33. The maximum Gasteiger partial charge on any atom is 0.417 e. The summed E-state index contributed by atoms with van der Waals surface area (Å²) in [4.78, 5) is 15.8. The molecule has 0 saturated carbocycles. The van der Waals surface area contributed by atoms with Crippen LogP contribution < -0.4 is 0 Å². The number of carbonyl (C=O) groups is 1. The van der Waals surface area contributed by atoms with Crippen molar-refractivity contribution in [2.24, 2.45) is 0 Å². The van der Waals surface area contributed by atoms with Crippen molar-refractivity contribution in [1.29, 1.82) is 0 Å². The Hall–Kier alpha value is -2.38. The van der Waals surface area contributed by atoms with Crippen LogP contribution in [0.1, 0.15) is 28.4 Å². The molecule has 0 aliphatic carbocycles. The van der Waals surface area contributed by atoms with E-state index in [-0.39, 0.29) is 38.8 Å². The van der Waals surface area contributed by atoms with E-state index >= 15 is 4.39 Å². The number of pyridine rings is 1. The van der Waals surface area contributed by atoms with Gasteiger partial charge in [-0.1, -0.05) is 41.4 Å². The third-order valence-corrected chi connectivity index (χ3v) is 4.86. The number of rotatable bonds is 3. The standard InChI is InChI=1S/C20H13Cl2F4NO2/c1-3-29-19(28)12-7-10-8-13(21)14(16(23)17(10)27-18(12)22)11-6-4-5-9(2)15(11)20(24,25)26/h4-8H,3H2,1-2H3. The van der Waals surface area contributed by atoms with Crippen LogP contribution in [-0.2, 0) is 10.9 Å². The number of benzene rings is 2. The van der Waals surface area contributed by atoms with Gasteiger partial charge in [0.25, 0.3) is 0 Å². The Morgan fingerprint density at radius 2 is 1.90 bits per heavy atom. The van der Waals surface area contributed by atoms with Crippen LogP contribution in [0.25, 0.3) is 22.0 Å². The highest BCUT2D eigenvalue weighted by Gasteiger charge is 2.36. The van der Waals surface area contributed by atoms with E-state index in [1.54, 1.807) is 6.92 Å². The molecule has 0 fully saturated rings. The van der Waals surface area contributed by atoms with E-state index in [0.29, 0.717) is 0 Å². The van der Waals surface area contributed by atoms with Gasteiger partial charge in [-0.15, -0.1) is 0 Å². The van der Waals surface area contributed by atoms with Crippen molar-refractivity contribution in [3.8, 4) is 11.1 Å². The topological polar surface area (TPSA) is 39.2 Å². The fraction of sp³-hybridized carbons (Fsp3) is 0.200. The van der Waals surface area contributed by atoms with E-state index in [9.17, 15) is 18.0 Å². The smallest absolute Gasteiger partial charge is 0.417 e. The summed E-state index contributed by atoms with van der Waals surface area (Å²) >= 11 is 12.1. The number of hydrogen-bond acceptors (Lipinski definition) is 3. The van der Waals surface area contributed by atoms with Gasteiger partial charge in [-0.05, 0) is 37.1 Å². The first-order chi connectivity index (χ1) is 13.6. The highest BCUT2D eigenvalue weighted by molar-refractivity contribution is 6.35. The van der Waals surface area contributed by atoms with Crippen molar-refractivity contribution < 1.29 is 27.1 Å². The molecule has 0 spiro atoms. The number of alkyl halides is 3. The second-order valence-electron chi connectivity index (χ2n) is 6.16. The SMILES string of the molecule is CCOC(=O)c1cc2cc(Cl)c(-c3cccc(C)c3C(F)(F)F)c(F)c2nc1Cl. The molecule has 3 nitrogen and oxygen atoms in total. The Labute approximate surface area is 173 Å². The number of aryl methyl sites for hydroxylation is 1. The van der Waals surface area contributed by atoms with Gasteiger partial charge in [0.2, 0.25) is 0 Å². The Morgan fingerprint density at radius 1 is 1.21 bits per heavy atom. The number of hydrogen-bond donors (Lipinski definition) is 0. The van der Waals surface area contributed by atoms with Crippen LogP contribution in [0.2, 0.25) is 10.2 Å². The van der Waals surface area contributed by atoms with Crippen LogP contribution in [0.5, 0.6) is 0 Å². The lowest BCUT2D eigenvalue weighted by atomic mass is 9.94. The highest BCUT2D eigenvalue weighted by atomic mass is 35.5. The molecular weight excluding hydrogens is 433 g/mol. The van der Waals surface area contributed by atoms with Crippen molar-refractivity contribution >= 4 is 40.1 Å². The molecule has 3 rings (SSSR count). The summed E-state index contributed by atoms with van der Waals surface area (Å²) in [7, 11) is 0. The maximum absolute atomic E-state index is 15.3. The van der Waals surface area contributed by atoms with Crippen molar-refractivity contribution in [2.45, 2.75) is 20.0 Å². The zero-order chi connectivity index (χ0) is 21.5. The molecule has 0 saturated heterocycles. The lowest BCUT2D eigenvalue weighted by Gasteiger charge is -2.18. The van der Waals surface area contributed by atoms with E-state index in [0.717, 1.165) is 6.07 Å². The third kappa shape index (κ3) is 3.89. The molecule has 0 amide bonds. The van der Waals surface area contributed by atoms with Crippen LogP contribution >= 0.6 is 23.2 Å². The first-order valence-electron chi connectivity index (χ1n) is 8.38. The number of halogens is 6. The summed E-state index contributed by atoms with van der Waals surface area (Å²) in [5, 5.41) is -0.488. The summed E-state index contributed by atoms with van der Waals surface area (Å²) in [6.07, 6.45) is -4.72. The van der Waals surface area contributed by atoms with Crippen molar-refractivity contribution in [3.05, 3.63) is 63.0 Å². The Bertz CT molecular complexity index is 1130. The third-order valence-electron chi connectivity index (χ3n) is 4.27. The van der Waals surface area contributed by atoms with Crippen LogP contribution in [0.15, 0.2) is 30.3 Å². The molecule has 1 heterocycles. The molecule has 0 radical (unpaired) electrons. The molecule has 0 aliphatic rings. The lowest BCUT2D eigenvalue weighted by Crippen LogP contribution is -2.10. The lowest BCUT2D eigenvalue weighted by molar-refractivity contribution is -0.137. The largest absolute Gasteiger partial charge is 0.462 e. The summed E-state index contributed by atoms with van der Waals surface area (Å²) in [6.45, 7) is 2.97. The molecule has 9 heteroatoms. The molecule has 0 unspecified atom stereocenters. The number of carbonyl (C=O) groups excluding carboxylic acids is 1. The highest BCUT2D eigenvalue weighted by Crippen LogP contribution is 2.44. The van der Waals surface area contributed by atoms with Crippen LogP contribution in [0.4, 0.5) is 17.6 Å². The average Bonchev–Trinajstić information content (AvgIpc) is 2.61. The number of nitrogens with zero attached hydrogens (tertiary/aromatic N) is 1. The predicted octanol–water partition coefficient (Wildman–Crippen LogP) is 6.85. The van der Waals surface area contributed by atoms with Gasteiger partial charge in [0.1, 0.15) is 10.7 Å². The molecule has 0 N–H and O–H groups in total. The van der Waals surface area contributed by atoms with Gasteiger partial charge in [-0.2, -0.15) is 13.2 Å². The zero-order valence-electron chi connectivity index (χ0n) is 15.1. The molecule has 29 heavy (non-hydrogen) atoms. The minimum atomic E-state index is -4.72. The Balaban J connectivity index is 2.32. The molecule has 1 aromatic heterocycles. The first-order valence-corrected chi connectivity index (χ1v) is 9.14. The summed E-state index contributed by atoms with van der Waals surface area (Å²) in [5.74, 6) is -1.83. The Morgan fingerprint density at radius 3 is 2.52 bits per heavy atom. The van der Waals surface area contributed by atoms with Gasteiger partial charge < -0.3 is 4.74 Å². The number of aromatic nitrogens is 1. The minimum Gasteiger partial charge on any atom is -0.462 e. The van der Waals surface area contributed by atoms with Gasteiger partial charge in [0.15, 0.2) is 5.82 Å². The van der Waals surface area contributed by atoms with Gasteiger partial charge >= 0.3 is 12.1 Å². The second kappa shape index (κ2) is 7.80. The quantitative estimate of drug-likeness (QED) is 0.251. The van der Waals surface area contributed by atoms with Crippen molar-refractivity contribution in [3.63, 3.8) is 0 Å². The Kier molecular flexibility index (Phi) is 5.74. The average molecular weight is 446 g/mol. The predicted molar refractivity (Wildman–Crippen MR) is 103 cm³/mol. The van der Waals surface area contributed by atoms with Crippen LogP contribution in [0, 0.1) is 12.7 Å². The van der Waals surface area contributed by atoms with Crippen LogP contribution in [0.3, 0.4) is 0 Å². The monoisotopic (exact) mass is 445 g/mol. The molecular formula is C20H13Cl2F4NO2.